The summed E-state index contributed by atoms with van der Waals surface area (Å²) < 4.78 is 10.3. The number of carbonyl (C=O) groups is 4. The van der Waals surface area contributed by atoms with Crippen LogP contribution in [0.4, 0.5) is 0 Å². The lowest BCUT2D eigenvalue weighted by atomic mass is 9.85. The molecular formula is C20H21NO6. The molecule has 7 nitrogen and oxygen atoms in total. The number of esters is 1. The fraction of sp³-hybridized carbons (Fsp3) is 0.400. The second kappa shape index (κ2) is 8.16. The summed E-state index contributed by atoms with van der Waals surface area (Å²) in [6.07, 6.45) is 4.78. The van der Waals surface area contributed by atoms with Crippen molar-refractivity contribution in [1.82, 2.24) is 4.90 Å². The highest BCUT2D eigenvalue weighted by atomic mass is 16.5. The molecule has 0 unspecified atom stereocenters. The summed E-state index contributed by atoms with van der Waals surface area (Å²) in [4.78, 5) is 49.7. The number of likely N-dealkylation sites (tertiary alicyclic amines) is 1. The van der Waals surface area contributed by atoms with E-state index in [0.717, 1.165) is 4.90 Å². The van der Waals surface area contributed by atoms with E-state index in [2.05, 4.69) is 0 Å². The molecule has 0 bridgehead atoms. The predicted molar refractivity (Wildman–Crippen MR) is 95.0 cm³/mol. The van der Waals surface area contributed by atoms with Crippen LogP contribution in [0, 0.1) is 11.8 Å². The van der Waals surface area contributed by atoms with Crippen molar-refractivity contribution in [2.45, 2.75) is 19.8 Å². The molecular weight excluding hydrogens is 350 g/mol. The van der Waals surface area contributed by atoms with Gasteiger partial charge in [0.25, 0.3) is 0 Å². The van der Waals surface area contributed by atoms with E-state index in [-0.39, 0.29) is 29.4 Å². The van der Waals surface area contributed by atoms with Crippen LogP contribution < -0.4 is 4.74 Å². The molecule has 3 rings (SSSR count). The molecule has 0 N–H and O–H groups in total. The van der Waals surface area contributed by atoms with E-state index in [1.165, 1.54) is 0 Å². The lowest BCUT2D eigenvalue weighted by Crippen LogP contribution is -2.37. The largest absolute Gasteiger partial charge is 0.494 e. The van der Waals surface area contributed by atoms with Gasteiger partial charge < -0.3 is 9.47 Å². The number of benzene rings is 1. The number of ketones is 1. The van der Waals surface area contributed by atoms with E-state index in [0.29, 0.717) is 30.8 Å². The zero-order valence-electron chi connectivity index (χ0n) is 15.1. The van der Waals surface area contributed by atoms with Gasteiger partial charge in [0.05, 0.1) is 18.4 Å². The third-order valence-electron chi connectivity index (χ3n) is 4.74. The molecule has 142 valence electrons. The van der Waals surface area contributed by atoms with Gasteiger partial charge >= 0.3 is 5.97 Å². The normalized spacial score (nSPS) is 21.1. The summed E-state index contributed by atoms with van der Waals surface area (Å²) >= 11 is 0. The van der Waals surface area contributed by atoms with E-state index in [4.69, 9.17) is 9.47 Å². The van der Waals surface area contributed by atoms with Crippen molar-refractivity contribution in [2.24, 2.45) is 11.8 Å². The van der Waals surface area contributed by atoms with E-state index < -0.39 is 19.1 Å². The van der Waals surface area contributed by atoms with Gasteiger partial charge in [-0.05, 0) is 44.0 Å². The molecule has 7 heteroatoms. The third-order valence-corrected chi connectivity index (χ3v) is 4.74. The number of carbonyl (C=O) groups excluding carboxylic acids is 4. The van der Waals surface area contributed by atoms with Crippen LogP contribution in [0.5, 0.6) is 5.75 Å². The first-order chi connectivity index (χ1) is 13.0. The third kappa shape index (κ3) is 4.07. The van der Waals surface area contributed by atoms with Crippen LogP contribution in [0.15, 0.2) is 36.4 Å². The highest BCUT2D eigenvalue weighted by molar-refractivity contribution is 6.07. The van der Waals surface area contributed by atoms with E-state index in [9.17, 15) is 19.2 Å². The molecule has 2 aliphatic rings. The van der Waals surface area contributed by atoms with Crippen molar-refractivity contribution in [3.8, 4) is 5.75 Å². The smallest absolute Gasteiger partial charge is 0.326 e. The molecule has 1 fully saturated rings. The van der Waals surface area contributed by atoms with Crippen molar-refractivity contribution < 1.29 is 28.7 Å². The minimum Gasteiger partial charge on any atom is -0.494 e. The average molecular weight is 371 g/mol. The van der Waals surface area contributed by atoms with Crippen LogP contribution in [0.2, 0.25) is 0 Å². The van der Waals surface area contributed by atoms with Gasteiger partial charge in [0.2, 0.25) is 11.8 Å². The molecule has 27 heavy (non-hydrogen) atoms. The maximum absolute atomic E-state index is 12.3. The molecule has 0 spiro atoms. The Balaban J connectivity index is 1.51. The van der Waals surface area contributed by atoms with Crippen LogP contribution in [-0.2, 0) is 19.1 Å². The summed E-state index contributed by atoms with van der Waals surface area (Å²) in [5.41, 5.74) is 0.386. The highest BCUT2D eigenvalue weighted by Gasteiger charge is 2.47. The number of hydrogen-bond acceptors (Lipinski definition) is 6. The first-order valence-electron chi connectivity index (χ1n) is 8.93. The summed E-state index contributed by atoms with van der Waals surface area (Å²) in [5.74, 6) is -1.96. The van der Waals surface area contributed by atoms with Gasteiger partial charge in [0, 0.05) is 5.56 Å². The molecule has 0 aromatic heterocycles. The maximum Gasteiger partial charge on any atom is 0.326 e. The molecule has 2 amide bonds. The minimum absolute atomic E-state index is 0.343. The zero-order chi connectivity index (χ0) is 19.4. The van der Waals surface area contributed by atoms with Gasteiger partial charge in [-0.15, -0.1) is 0 Å². The first-order valence-corrected chi connectivity index (χ1v) is 8.93. The number of ether oxygens (including phenoxy) is 2. The van der Waals surface area contributed by atoms with Crippen LogP contribution in [0.1, 0.15) is 30.1 Å². The molecule has 2 atom stereocenters. The highest BCUT2D eigenvalue weighted by Crippen LogP contribution is 2.34. The summed E-state index contributed by atoms with van der Waals surface area (Å²) in [5, 5.41) is 0. The van der Waals surface area contributed by atoms with Crippen LogP contribution in [0.25, 0.3) is 0 Å². The maximum atomic E-state index is 12.3. The number of imide groups is 1. The number of Topliss-reactive ketones (excluding diaryl/α,β-unsaturated/α-hetero) is 1. The number of rotatable bonds is 7. The molecule has 1 saturated heterocycles. The molecule has 1 aromatic rings. The molecule has 1 aromatic carbocycles. The SMILES string of the molecule is CCOc1ccc(C(=O)COC(=O)CN2C(=O)[C@H]3CC=CC[C@H]3C2=O)cc1. The van der Waals surface area contributed by atoms with Crippen LogP contribution >= 0.6 is 0 Å². The van der Waals surface area contributed by atoms with Crippen molar-refractivity contribution >= 4 is 23.6 Å². The van der Waals surface area contributed by atoms with Crippen molar-refractivity contribution in [3.05, 3.63) is 42.0 Å². The standard InChI is InChI=1S/C20H21NO6/c1-2-26-14-9-7-13(8-10-14)17(22)12-27-18(23)11-21-19(24)15-5-3-4-6-16(15)20(21)25/h3-4,7-10,15-16H,2,5-6,11-12H2,1H3/t15-,16+. The van der Waals surface area contributed by atoms with Gasteiger partial charge in [0.15, 0.2) is 12.4 Å². The lowest BCUT2D eigenvalue weighted by molar-refractivity contribution is -0.152. The number of allylic oxidation sites excluding steroid dienone is 2. The van der Waals surface area contributed by atoms with Gasteiger partial charge in [-0.3, -0.25) is 24.1 Å². The van der Waals surface area contributed by atoms with Gasteiger partial charge in [-0.25, -0.2) is 0 Å². The average Bonchev–Trinajstić information content (AvgIpc) is 2.92. The Hall–Kier alpha value is -2.96. The van der Waals surface area contributed by atoms with E-state index >= 15 is 0 Å². The van der Waals surface area contributed by atoms with Crippen LogP contribution in [0.3, 0.4) is 0 Å². The Bertz CT molecular complexity index is 756. The Morgan fingerprint density at radius 2 is 1.63 bits per heavy atom. The van der Waals surface area contributed by atoms with Crippen molar-refractivity contribution in [1.29, 1.82) is 0 Å². The van der Waals surface area contributed by atoms with E-state index in [1.807, 2.05) is 19.1 Å². The number of fused-ring (bicyclic) bond motifs is 1. The van der Waals surface area contributed by atoms with Crippen molar-refractivity contribution in [2.75, 3.05) is 19.8 Å². The molecule has 1 heterocycles. The van der Waals surface area contributed by atoms with Crippen molar-refractivity contribution in [3.63, 3.8) is 0 Å². The Morgan fingerprint density at radius 3 is 2.19 bits per heavy atom. The van der Waals surface area contributed by atoms with Gasteiger partial charge in [-0.2, -0.15) is 0 Å². The second-order valence-corrected chi connectivity index (χ2v) is 6.46. The summed E-state index contributed by atoms with van der Waals surface area (Å²) in [6.45, 7) is 1.48. The molecule has 1 aliphatic heterocycles. The minimum atomic E-state index is -0.775. The Labute approximate surface area is 156 Å². The zero-order valence-corrected chi connectivity index (χ0v) is 15.1. The van der Waals surface area contributed by atoms with E-state index in [1.54, 1.807) is 24.3 Å². The second-order valence-electron chi connectivity index (χ2n) is 6.46. The summed E-state index contributed by atoms with van der Waals surface area (Å²) in [6, 6.07) is 6.50. The Morgan fingerprint density at radius 1 is 1.04 bits per heavy atom. The Kier molecular flexibility index (Phi) is 5.69. The fourth-order valence-corrected chi connectivity index (χ4v) is 3.33. The predicted octanol–water partition coefficient (Wildman–Crippen LogP) is 1.76. The quantitative estimate of drug-likeness (QED) is 0.314. The number of hydrogen-bond donors (Lipinski definition) is 0. The fourth-order valence-electron chi connectivity index (χ4n) is 3.33. The molecule has 0 saturated carbocycles. The lowest BCUT2D eigenvalue weighted by Gasteiger charge is -2.14. The monoisotopic (exact) mass is 371 g/mol. The van der Waals surface area contributed by atoms with Gasteiger partial charge in [0.1, 0.15) is 12.3 Å². The summed E-state index contributed by atoms with van der Waals surface area (Å²) in [7, 11) is 0. The topological polar surface area (TPSA) is 90.0 Å². The number of amides is 2. The molecule has 1 aliphatic carbocycles. The molecule has 0 radical (unpaired) electrons. The van der Waals surface area contributed by atoms with Gasteiger partial charge in [-0.1, -0.05) is 12.2 Å². The van der Waals surface area contributed by atoms with Crippen LogP contribution in [-0.4, -0.2) is 48.2 Å². The number of nitrogens with zero attached hydrogens (tertiary/aromatic N) is 1. The first kappa shape index (κ1) is 18.8.